The molecular weight excluding hydrogens is 464 g/mol. The molecule has 186 valence electrons. The Kier molecular flexibility index (Phi) is 5.85. The molecule has 2 aliphatic rings. The van der Waals surface area contributed by atoms with Crippen molar-refractivity contribution in [3.05, 3.63) is 59.2 Å². The largest absolute Gasteiger partial charge is 0.379 e. The molecule has 0 spiro atoms. The second-order valence-corrected chi connectivity index (χ2v) is 9.31. The molecule has 1 fully saturated rings. The van der Waals surface area contributed by atoms with E-state index in [0.717, 1.165) is 44.4 Å². The first kappa shape index (κ1) is 22.9. The fourth-order valence-corrected chi connectivity index (χ4v) is 5.15. The maximum absolute atomic E-state index is 15.1. The maximum Gasteiger partial charge on any atom is 0.229 e. The van der Waals surface area contributed by atoms with Crippen LogP contribution in [0.3, 0.4) is 0 Å². The summed E-state index contributed by atoms with van der Waals surface area (Å²) in [6.07, 6.45) is 2.78. The van der Waals surface area contributed by atoms with E-state index in [4.69, 9.17) is 9.72 Å². The summed E-state index contributed by atoms with van der Waals surface area (Å²) in [5, 5.41) is 3.09. The summed E-state index contributed by atoms with van der Waals surface area (Å²) in [7, 11) is 0. The van der Waals surface area contributed by atoms with Crippen LogP contribution in [0.1, 0.15) is 36.5 Å². The lowest BCUT2D eigenvalue weighted by Crippen LogP contribution is -2.30. The number of aromatic nitrogens is 5. The number of hydrogen-bond donors (Lipinski definition) is 1. The van der Waals surface area contributed by atoms with Gasteiger partial charge in [0.25, 0.3) is 0 Å². The smallest absolute Gasteiger partial charge is 0.229 e. The standard InChI is InChI=1S/C26H27F2N7O/c1-3-34-8-6-21-16(13-34)4-5-23(31-21)32-26-29-12-20(28)24(33-26)17-10-19(27)25-22(11-17)35(15(2)30-25)18-7-9-36-14-18/h4-5,10-12,18H,3,6-9,13-14H2,1-2H3,(H,29,31,32,33). The summed E-state index contributed by atoms with van der Waals surface area (Å²) in [5.74, 6) is 0.326. The molecule has 0 aliphatic carbocycles. The van der Waals surface area contributed by atoms with Gasteiger partial charge in [-0.05, 0) is 43.7 Å². The van der Waals surface area contributed by atoms with Gasteiger partial charge in [-0.25, -0.2) is 28.7 Å². The summed E-state index contributed by atoms with van der Waals surface area (Å²) >= 11 is 0. The van der Waals surface area contributed by atoms with E-state index in [1.807, 2.05) is 17.6 Å². The van der Waals surface area contributed by atoms with Gasteiger partial charge in [0.15, 0.2) is 11.6 Å². The lowest BCUT2D eigenvalue weighted by molar-refractivity contribution is 0.187. The number of anilines is 2. The number of rotatable bonds is 5. The van der Waals surface area contributed by atoms with Crippen molar-refractivity contribution in [1.82, 2.24) is 29.4 Å². The predicted octanol–water partition coefficient (Wildman–Crippen LogP) is 4.56. The van der Waals surface area contributed by atoms with Crippen molar-refractivity contribution in [2.45, 2.75) is 39.3 Å². The Morgan fingerprint density at radius 1 is 1.14 bits per heavy atom. The van der Waals surface area contributed by atoms with Crippen LogP contribution in [0.4, 0.5) is 20.5 Å². The van der Waals surface area contributed by atoms with Crippen LogP contribution < -0.4 is 5.32 Å². The van der Waals surface area contributed by atoms with Crippen molar-refractivity contribution in [3.63, 3.8) is 0 Å². The lowest BCUT2D eigenvalue weighted by atomic mass is 10.1. The lowest BCUT2D eigenvalue weighted by Gasteiger charge is -2.27. The van der Waals surface area contributed by atoms with E-state index >= 15 is 4.39 Å². The molecule has 0 radical (unpaired) electrons. The number of halogens is 2. The first-order valence-corrected chi connectivity index (χ1v) is 12.3. The summed E-state index contributed by atoms with van der Waals surface area (Å²) in [5.41, 5.74) is 3.44. The summed E-state index contributed by atoms with van der Waals surface area (Å²) in [6.45, 7) is 8.04. The Balaban J connectivity index is 1.34. The van der Waals surface area contributed by atoms with Gasteiger partial charge >= 0.3 is 0 Å². The van der Waals surface area contributed by atoms with Crippen molar-refractivity contribution in [2.24, 2.45) is 0 Å². The molecule has 36 heavy (non-hydrogen) atoms. The number of likely N-dealkylation sites (N-methyl/N-ethyl adjacent to an activating group) is 1. The normalized spacial score (nSPS) is 18.1. The minimum atomic E-state index is -0.635. The molecular formula is C26H27F2N7O. The summed E-state index contributed by atoms with van der Waals surface area (Å²) in [4.78, 5) is 20.0. The van der Waals surface area contributed by atoms with Gasteiger partial charge in [0, 0.05) is 37.4 Å². The topological polar surface area (TPSA) is 81.0 Å². The van der Waals surface area contributed by atoms with Crippen LogP contribution in [-0.4, -0.2) is 55.7 Å². The van der Waals surface area contributed by atoms with Crippen LogP contribution in [0.5, 0.6) is 0 Å². The van der Waals surface area contributed by atoms with E-state index in [2.05, 4.69) is 38.2 Å². The maximum atomic E-state index is 15.1. The molecule has 0 bridgehead atoms. The van der Waals surface area contributed by atoms with E-state index in [0.29, 0.717) is 35.9 Å². The number of benzene rings is 1. The molecule has 1 aromatic carbocycles. The Bertz CT molecular complexity index is 1450. The van der Waals surface area contributed by atoms with E-state index in [1.165, 1.54) is 11.6 Å². The van der Waals surface area contributed by atoms with Crippen molar-refractivity contribution >= 4 is 22.8 Å². The van der Waals surface area contributed by atoms with Crippen LogP contribution in [0.25, 0.3) is 22.3 Å². The van der Waals surface area contributed by atoms with Gasteiger partial charge in [-0.3, -0.25) is 4.90 Å². The van der Waals surface area contributed by atoms with Crippen molar-refractivity contribution in [1.29, 1.82) is 0 Å². The Morgan fingerprint density at radius 2 is 2.03 bits per heavy atom. The fourth-order valence-electron chi connectivity index (χ4n) is 5.15. The summed E-state index contributed by atoms with van der Waals surface area (Å²) in [6, 6.07) is 7.01. The van der Waals surface area contributed by atoms with Crippen LogP contribution >= 0.6 is 0 Å². The zero-order valence-corrected chi connectivity index (χ0v) is 20.3. The minimum absolute atomic E-state index is 0.0120. The number of hydrogen-bond acceptors (Lipinski definition) is 7. The average Bonchev–Trinajstić information content (AvgIpc) is 3.52. The molecule has 1 saturated heterocycles. The third-order valence-electron chi connectivity index (χ3n) is 7.03. The molecule has 10 heteroatoms. The number of fused-ring (bicyclic) bond motifs is 2. The highest BCUT2D eigenvalue weighted by Crippen LogP contribution is 2.32. The number of nitrogens with zero attached hydrogens (tertiary/aromatic N) is 6. The van der Waals surface area contributed by atoms with Crippen LogP contribution in [0.2, 0.25) is 0 Å². The predicted molar refractivity (Wildman–Crippen MR) is 132 cm³/mol. The summed E-state index contributed by atoms with van der Waals surface area (Å²) < 4.78 is 37.5. The van der Waals surface area contributed by atoms with Gasteiger partial charge in [0.05, 0.1) is 24.4 Å². The minimum Gasteiger partial charge on any atom is -0.379 e. The second kappa shape index (κ2) is 9.18. The second-order valence-electron chi connectivity index (χ2n) is 9.31. The zero-order chi connectivity index (χ0) is 24.8. The monoisotopic (exact) mass is 491 g/mol. The van der Waals surface area contributed by atoms with E-state index in [9.17, 15) is 4.39 Å². The van der Waals surface area contributed by atoms with Gasteiger partial charge in [0.2, 0.25) is 5.95 Å². The number of nitrogens with one attached hydrogen (secondary N) is 1. The zero-order valence-electron chi connectivity index (χ0n) is 20.3. The Morgan fingerprint density at radius 3 is 2.83 bits per heavy atom. The first-order valence-electron chi connectivity index (χ1n) is 12.3. The van der Waals surface area contributed by atoms with Gasteiger partial charge in [0.1, 0.15) is 22.9 Å². The first-order chi connectivity index (χ1) is 17.5. The molecule has 6 rings (SSSR count). The number of imidazole rings is 1. The van der Waals surface area contributed by atoms with E-state index in [-0.39, 0.29) is 23.2 Å². The highest BCUT2D eigenvalue weighted by Gasteiger charge is 2.24. The molecule has 4 aromatic rings. The molecule has 8 nitrogen and oxygen atoms in total. The van der Waals surface area contributed by atoms with Crippen LogP contribution in [-0.2, 0) is 17.7 Å². The van der Waals surface area contributed by atoms with Gasteiger partial charge < -0.3 is 14.6 Å². The molecule has 5 heterocycles. The van der Waals surface area contributed by atoms with Crippen LogP contribution in [0.15, 0.2) is 30.5 Å². The molecule has 0 saturated carbocycles. The Hall–Kier alpha value is -3.50. The van der Waals surface area contributed by atoms with E-state index < -0.39 is 11.6 Å². The van der Waals surface area contributed by atoms with E-state index in [1.54, 1.807) is 6.07 Å². The van der Waals surface area contributed by atoms with Gasteiger partial charge in [-0.1, -0.05) is 13.0 Å². The molecule has 0 amide bonds. The van der Waals surface area contributed by atoms with Crippen molar-refractivity contribution < 1.29 is 13.5 Å². The fraction of sp³-hybridized carbons (Fsp3) is 0.385. The quantitative estimate of drug-likeness (QED) is 0.438. The highest BCUT2D eigenvalue weighted by molar-refractivity contribution is 5.83. The average molecular weight is 492 g/mol. The van der Waals surface area contributed by atoms with Crippen molar-refractivity contribution in [3.8, 4) is 11.3 Å². The van der Waals surface area contributed by atoms with Gasteiger partial charge in [-0.2, -0.15) is 0 Å². The third-order valence-corrected chi connectivity index (χ3v) is 7.03. The molecule has 1 atom stereocenters. The van der Waals surface area contributed by atoms with Crippen LogP contribution in [0, 0.1) is 18.6 Å². The molecule has 3 aromatic heterocycles. The number of aryl methyl sites for hydroxylation is 1. The SMILES string of the molecule is CCN1CCc2nc(Nc3ncc(F)c(-c4cc(F)c5nc(C)n(C6CCOC6)c5c4)n3)ccc2C1. The number of ether oxygens (including phenoxy) is 1. The molecule has 1 unspecified atom stereocenters. The third kappa shape index (κ3) is 4.10. The van der Waals surface area contributed by atoms with Crippen molar-refractivity contribution in [2.75, 3.05) is 31.6 Å². The highest BCUT2D eigenvalue weighted by atomic mass is 19.1. The van der Waals surface area contributed by atoms with Gasteiger partial charge in [-0.15, -0.1) is 0 Å². The molecule has 2 aliphatic heterocycles. The molecule has 1 N–H and O–H groups in total. The number of pyridine rings is 1. The Labute approximate surface area is 207 Å².